The third-order valence-corrected chi connectivity index (χ3v) is 5.28. The average Bonchev–Trinajstić information content (AvgIpc) is 2.63. The molecule has 0 saturated carbocycles. The van der Waals surface area contributed by atoms with E-state index in [1.54, 1.807) is 25.1 Å². The van der Waals surface area contributed by atoms with Crippen molar-refractivity contribution in [2.75, 3.05) is 24.2 Å². The zero-order valence-corrected chi connectivity index (χ0v) is 17.8. The molecule has 0 unspecified atom stereocenters. The Hall–Kier alpha value is -1.76. The number of benzene rings is 2. The Morgan fingerprint density at radius 2 is 1.96 bits per heavy atom. The molecular formula is C20H23ClN2O2S2. The van der Waals surface area contributed by atoms with Crippen LogP contribution < -0.4 is 10.6 Å². The Labute approximate surface area is 175 Å². The van der Waals surface area contributed by atoms with Gasteiger partial charge >= 0.3 is 5.97 Å². The molecule has 0 aliphatic carbocycles. The van der Waals surface area contributed by atoms with E-state index in [4.69, 9.17) is 28.6 Å². The van der Waals surface area contributed by atoms with Gasteiger partial charge in [-0.2, -0.15) is 0 Å². The van der Waals surface area contributed by atoms with Crippen molar-refractivity contribution in [3.63, 3.8) is 0 Å². The SMILES string of the molecule is CCOC(=O)c1ccc(NC(=S)NCCCSc2ccc(C)cc2)cc1Cl. The number of thioether (sulfide) groups is 1. The number of anilines is 1. The third kappa shape index (κ3) is 7.40. The summed E-state index contributed by atoms with van der Waals surface area (Å²) in [5, 5.41) is 7.10. The second-order valence-corrected chi connectivity index (χ2v) is 7.79. The third-order valence-electron chi connectivity index (χ3n) is 3.62. The van der Waals surface area contributed by atoms with Crippen molar-refractivity contribution in [1.82, 2.24) is 5.32 Å². The summed E-state index contributed by atoms with van der Waals surface area (Å²) in [4.78, 5) is 13.0. The van der Waals surface area contributed by atoms with Gasteiger partial charge in [0.25, 0.3) is 0 Å². The van der Waals surface area contributed by atoms with Gasteiger partial charge in [0.1, 0.15) is 0 Å². The minimum Gasteiger partial charge on any atom is -0.462 e. The first-order valence-corrected chi connectivity index (χ1v) is 10.5. The van der Waals surface area contributed by atoms with Gasteiger partial charge in [0, 0.05) is 17.1 Å². The van der Waals surface area contributed by atoms with Crippen LogP contribution in [0, 0.1) is 6.92 Å². The molecule has 0 saturated heterocycles. The van der Waals surface area contributed by atoms with E-state index in [1.165, 1.54) is 10.5 Å². The number of rotatable bonds is 8. The largest absolute Gasteiger partial charge is 0.462 e. The lowest BCUT2D eigenvalue weighted by molar-refractivity contribution is 0.0526. The Morgan fingerprint density at radius 3 is 2.63 bits per heavy atom. The summed E-state index contributed by atoms with van der Waals surface area (Å²) in [5.41, 5.74) is 2.34. The second-order valence-electron chi connectivity index (χ2n) is 5.81. The van der Waals surface area contributed by atoms with E-state index in [-0.39, 0.29) is 0 Å². The first kappa shape index (κ1) is 21.5. The van der Waals surface area contributed by atoms with Crippen LogP contribution in [-0.4, -0.2) is 30.0 Å². The van der Waals surface area contributed by atoms with E-state index in [9.17, 15) is 4.79 Å². The topological polar surface area (TPSA) is 50.4 Å². The minimum absolute atomic E-state index is 0.311. The summed E-state index contributed by atoms with van der Waals surface area (Å²) in [6, 6.07) is 13.6. The summed E-state index contributed by atoms with van der Waals surface area (Å²) in [5.74, 6) is 0.583. The zero-order chi connectivity index (χ0) is 19.6. The quantitative estimate of drug-likeness (QED) is 0.261. The molecule has 4 nitrogen and oxygen atoms in total. The Morgan fingerprint density at radius 1 is 1.22 bits per heavy atom. The van der Waals surface area contributed by atoms with Crippen molar-refractivity contribution >= 4 is 52.3 Å². The van der Waals surface area contributed by atoms with Crippen LogP contribution in [-0.2, 0) is 4.74 Å². The molecular weight excluding hydrogens is 400 g/mol. The number of hydrogen-bond donors (Lipinski definition) is 2. The van der Waals surface area contributed by atoms with Crippen molar-refractivity contribution in [2.24, 2.45) is 0 Å². The minimum atomic E-state index is -0.430. The van der Waals surface area contributed by atoms with Crippen LogP contribution in [0.3, 0.4) is 0 Å². The lowest BCUT2D eigenvalue weighted by atomic mass is 10.2. The number of hydrogen-bond acceptors (Lipinski definition) is 4. The van der Waals surface area contributed by atoms with E-state index in [1.807, 2.05) is 11.8 Å². The number of esters is 1. The Balaban J connectivity index is 1.71. The number of halogens is 1. The molecule has 0 heterocycles. The Kier molecular flexibility index (Phi) is 8.91. The van der Waals surface area contributed by atoms with Gasteiger partial charge < -0.3 is 15.4 Å². The van der Waals surface area contributed by atoms with Gasteiger partial charge in [-0.15, -0.1) is 11.8 Å². The number of nitrogens with one attached hydrogen (secondary N) is 2. The molecule has 2 aromatic rings. The van der Waals surface area contributed by atoms with Crippen LogP contribution in [0.1, 0.15) is 29.3 Å². The molecule has 7 heteroatoms. The molecule has 2 rings (SSSR count). The number of carbonyl (C=O) groups is 1. The summed E-state index contributed by atoms with van der Waals surface area (Å²) in [7, 11) is 0. The Bertz CT molecular complexity index is 782. The average molecular weight is 423 g/mol. The monoisotopic (exact) mass is 422 g/mol. The van der Waals surface area contributed by atoms with E-state index < -0.39 is 5.97 Å². The lowest BCUT2D eigenvalue weighted by Gasteiger charge is -2.12. The molecule has 2 N–H and O–H groups in total. The highest BCUT2D eigenvalue weighted by atomic mass is 35.5. The maximum Gasteiger partial charge on any atom is 0.339 e. The molecule has 2 aromatic carbocycles. The van der Waals surface area contributed by atoms with Crippen LogP contribution in [0.15, 0.2) is 47.4 Å². The molecule has 0 bridgehead atoms. The van der Waals surface area contributed by atoms with Crippen LogP contribution in [0.4, 0.5) is 5.69 Å². The maximum atomic E-state index is 11.8. The first-order valence-electron chi connectivity index (χ1n) is 8.70. The fourth-order valence-electron chi connectivity index (χ4n) is 2.24. The van der Waals surface area contributed by atoms with Gasteiger partial charge in [0.2, 0.25) is 0 Å². The molecule has 0 atom stereocenters. The van der Waals surface area contributed by atoms with E-state index in [2.05, 4.69) is 41.8 Å². The summed E-state index contributed by atoms with van der Waals surface area (Å²) >= 11 is 13.3. The van der Waals surface area contributed by atoms with Crippen LogP contribution in [0.2, 0.25) is 5.02 Å². The van der Waals surface area contributed by atoms with Crippen molar-refractivity contribution in [2.45, 2.75) is 25.2 Å². The second kappa shape index (κ2) is 11.2. The number of carbonyl (C=O) groups excluding carboxylic acids is 1. The fraction of sp³-hybridized carbons (Fsp3) is 0.300. The predicted molar refractivity (Wildman–Crippen MR) is 118 cm³/mol. The molecule has 0 spiro atoms. The molecule has 0 fully saturated rings. The highest BCUT2D eigenvalue weighted by Crippen LogP contribution is 2.22. The summed E-state index contributed by atoms with van der Waals surface area (Å²) in [6.07, 6.45) is 0.989. The van der Waals surface area contributed by atoms with Gasteiger partial charge in [-0.25, -0.2) is 4.79 Å². The van der Waals surface area contributed by atoms with Crippen LogP contribution in [0.5, 0.6) is 0 Å². The lowest BCUT2D eigenvalue weighted by Crippen LogP contribution is -2.29. The van der Waals surface area contributed by atoms with Gasteiger partial charge in [-0.1, -0.05) is 29.3 Å². The first-order chi connectivity index (χ1) is 13.0. The number of ether oxygens (including phenoxy) is 1. The molecule has 27 heavy (non-hydrogen) atoms. The van der Waals surface area contributed by atoms with Crippen molar-refractivity contribution < 1.29 is 9.53 Å². The normalized spacial score (nSPS) is 10.3. The smallest absolute Gasteiger partial charge is 0.339 e. The van der Waals surface area contributed by atoms with Crippen molar-refractivity contribution in [3.05, 3.63) is 58.6 Å². The predicted octanol–water partition coefficient (Wildman–Crippen LogP) is 5.29. The maximum absolute atomic E-state index is 11.8. The van der Waals surface area contributed by atoms with E-state index >= 15 is 0 Å². The molecule has 0 aliphatic rings. The number of thiocarbonyl (C=S) groups is 1. The molecule has 0 amide bonds. The highest BCUT2D eigenvalue weighted by molar-refractivity contribution is 7.99. The van der Waals surface area contributed by atoms with Gasteiger partial charge in [-0.3, -0.25) is 0 Å². The molecule has 0 radical (unpaired) electrons. The van der Waals surface area contributed by atoms with Gasteiger partial charge in [0.05, 0.1) is 17.2 Å². The molecule has 144 valence electrons. The molecule has 0 aromatic heterocycles. The van der Waals surface area contributed by atoms with E-state index in [0.717, 1.165) is 24.4 Å². The van der Waals surface area contributed by atoms with Crippen LogP contribution >= 0.6 is 35.6 Å². The fourth-order valence-corrected chi connectivity index (χ4v) is 3.57. The van der Waals surface area contributed by atoms with Gasteiger partial charge in [-0.05, 0) is 68.6 Å². The highest BCUT2D eigenvalue weighted by Gasteiger charge is 2.12. The van der Waals surface area contributed by atoms with Crippen molar-refractivity contribution in [3.8, 4) is 0 Å². The van der Waals surface area contributed by atoms with E-state index in [0.29, 0.717) is 22.3 Å². The zero-order valence-electron chi connectivity index (χ0n) is 15.4. The van der Waals surface area contributed by atoms with Crippen molar-refractivity contribution in [1.29, 1.82) is 0 Å². The number of aryl methyl sites for hydroxylation is 1. The summed E-state index contributed by atoms with van der Waals surface area (Å²) in [6.45, 7) is 4.93. The van der Waals surface area contributed by atoms with Gasteiger partial charge in [0.15, 0.2) is 5.11 Å². The standard InChI is InChI=1S/C20H23ClN2O2S2/c1-3-25-19(24)17-10-7-15(13-18(17)21)23-20(26)22-11-4-12-27-16-8-5-14(2)6-9-16/h5-10,13H,3-4,11-12H2,1-2H3,(H2,22,23,26). The van der Waals surface area contributed by atoms with Crippen LogP contribution in [0.25, 0.3) is 0 Å². The molecule has 0 aliphatic heterocycles. The summed E-state index contributed by atoms with van der Waals surface area (Å²) < 4.78 is 4.96.